The molecule has 0 amide bonds. The molecule has 1 saturated heterocycles. The molecule has 3 atom stereocenters. The van der Waals surface area contributed by atoms with Gasteiger partial charge in [-0.25, -0.2) is 0 Å². The van der Waals surface area contributed by atoms with Crippen LogP contribution in [-0.2, 0) is 9.53 Å². The quantitative estimate of drug-likeness (QED) is 0.849. The molecule has 1 fully saturated rings. The number of likely N-dealkylation sites (tertiary alicyclic amines) is 1. The van der Waals surface area contributed by atoms with Crippen molar-refractivity contribution in [3.05, 3.63) is 35.9 Å². The van der Waals surface area contributed by atoms with Crippen LogP contribution in [0, 0.1) is 5.41 Å². The molecule has 22 heavy (non-hydrogen) atoms. The van der Waals surface area contributed by atoms with E-state index in [2.05, 4.69) is 36.3 Å². The third-order valence-electron chi connectivity index (χ3n) is 4.66. The Morgan fingerprint density at radius 1 is 1.45 bits per heavy atom. The first-order valence-electron chi connectivity index (χ1n) is 8.14. The molecule has 0 aliphatic carbocycles. The molecular formula is C18H28N2O2. The van der Waals surface area contributed by atoms with Crippen molar-refractivity contribution >= 4 is 5.97 Å². The van der Waals surface area contributed by atoms with E-state index in [0.29, 0.717) is 6.61 Å². The average Bonchev–Trinajstić information content (AvgIpc) is 2.51. The van der Waals surface area contributed by atoms with Crippen LogP contribution in [0.3, 0.4) is 0 Å². The summed E-state index contributed by atoms with van der Waals surface area (Å²) in [5.74, 6) is -0.0979. The standard InChI is InChI=1S/C18H28N2O2/c1-5-22-17(21)18(3)13-20(4)12-11-16(18)19-14(2)15-9-7-6-8-10-15/h6-10,14,16,19H,5,11-13H2,1-4H3. The van der Waals surface area contributed by atoms with E-state index >= 15 is 0 Å². The van der Waals surface area contributed by atoms with Gasteiger partial charge in [-0.3, -0.25) is 4.79 Å². The van der Waals surface area contributed by atoms with Crippen molar-refractivity contribution in [2.75, 3.05) is 26.7 Å². The van der Waals surface area contributed by atoms with Crippen molar-refractivity contribution in [3.63, 3.8) is 0 Å². The number of hydrogen-bond donors (Lipinski definition) is 1. The minimum Gasteiger partial charge on any atom is -0.465 e. The number of hydrogen-bond acceptors (Lipinski definition) is 4. The Bertz CT molecular complexity index is 491. The van der Waals surface area contributed by atoms with E-state index in [1.807, 2.05) is 32.0 Å². The van der Waals surface area contributed by atoms with Gasteiger partial charge in [0.05, 0.1) is 12.0 Å². The van der Waals surface area contributed by atoms with Gasteiger partial charge in [-0.1, -0.05) is 30.3 Å². The van der Waals surface area contributed by atoms with Gasteiger partial charge >= 0.3 is 5.97 Å². The van der Waals surface area contributed by atoms with Gasteiger partial charge in [-0.2, -0.15) is 0 Å². The first-order chi connectivity index (χ1) is 10.5. The summed E-state index contributed by atoms with van der Waals surface area (Å²) < 4.78 is 5.34. The molecule has 1 aliphatic rings. The smallest absolute Gasteiger partial charge is 0.314 e. The Labute approximate surface area is 133 Å². The van der Waals surface area contributed by atoms with Gasteiger partial charge in [-0.15, -0.1) is 0 Å². The van der Waals surface area contributed by atoms with Crippen LogP contribution in [0.5, 0.6) is 0 Å². The maximum Gasteiger partial charge on any atom is 0.314 e. The first-order valence-corrected chi connectivity index (χ1v) is 8.14. The maximum absolute atomic E-state index is 12.5. The molecule has 4 nitrogen and oxygen atoms in total. The van der Waals surface area contributed by atoms with Crippen LogP contribution < -0.4 is 5.32 Å². The van der Waals surface area contributed by atoms with Crippen LogP contribution in [0.1, 0.15) is 38.8 Å². The highest BCUT2D eigenvalue weighted by Gasteiger charge is 2.46. The van der Waals surface area contributed by atoms with Crippen molar-refractivity contribution in [2.45, 2.75) is 39.3 Å². The highest BCUT2D eigenvalue weighted by molar-refractivity contribution is 5.78. The lowest BCUT2D eigenvalue weighted by Crippen LogP contribution is -2.59. The van der Waals surface area contributed by atoms with E-state index in [1.54, 1.807) is 0 Å². The zero-order valence-corrected chi connectivity index (χ0v) is 14.1. The summed E-state index contributed by atoms with van der Waals surface area (Å²) in [5.41, 5.74) is 0.735. The SMILES string of the molecule is CCOC(=O)C1(C)CN(C)CCC1NC(C)c1ccccc1. The van der Waals surface area contributed by atoms with Gasteiger partial charge in [0.1, 0.15) is 0 Å². The van der Waals surface area contributed by atoms with Gasteiger partial charge in [0.2, 0.25) is 0 Å². The number of ether oxygens (including phenoxy) is 1. The molecule has 0 saturated carbocycles. The second kappa shape index (κ2) is 7.25. The number of nitrogens with zero attached hydrogens (tertiary/aromatic N) is 1. The van der Waals surface area contributed by atoms with E-state index < -0.39 is 5.41 Å². The Morgan fingerprint density at radius 3 is 2.77 bits per heavy atom. The molecule has 0 aromatic heterocycles. The van der Waals surface area contributed by atoms with Crippen LogP contribution >= 0.6 is 0 Å². The fourth-order valence-electron chi connectivity index (χ4n) is 3.33. The molecule has 0 radical (unpaired) electrons. The number of nitrogens with one attached hydrogen (secondary N) is 1. The van der Waals surface area contributed by atoms with E-state index in [0.717, 1.165) is 19.5 Å². The van der Waals surface area contributed by atoms with Crippen LogP contribution in [0.2, 0.25) is 0 Å². The highest BCUT2D eigenvalue weighted by Crippen LogP contribution is 2.32. The monoisotopic (exact) mass is 304 g/mol. The molecule has 1 aliphatic heterocycles. The predicted molar refractivity (Wildman–Crippen MR) is 88.6 cm³/mol. The van der Waals surface area contributed by atoms with Crippen molar-refractivity contribution < 1.29 is 9.53 Å². The van der Waals surface area contributed by atoms with E-state index in [1.165, 1.54) is 5.56 Å². The van der Waals surface area contributed by atoms with E-state index in [9.17, 15) is 4.79 Å². The molecule has 1 N–H and O–H groups in total. The molecule has 4 heteroatoms. The van der Waals surface area contributed by atoms with Gasteiger partial charge in [0, 0.05) is 18.6 Å². The average molecular weight is 304 g/mol. The summed E-state index contributed by atoms with van der Waals surface area (Å²) in [5, 5.41) is 3.66. The van der Waals surface area contributed by atoms with Crippen LogP contribution in [0.4, 0.5) is 0 Å². The van der Waals surface area contributed by atoms with Gasteiger partial charge in [0.15, 0.2) is 0 Å². The van der Waals surface area contributed by atoms with Crippen molar-refractivity contribution in [2.24, 2.45) is 5.41 Å². The molecule has 1 heterocycles. The number of carbonyl (C=O) groups excluding carboxylic acids is 1. The molecule has 2 rings (SSSR count). The van der Waals surface area contributed by atoms with Crippen LogP contribution in [0.25, 0.3) is 0 Å². The van der Waals surface area contributed by atoms with Gasteiger partial charge in [0.25, 0.3) is 0 Å². The minimum absolute atomic E-state index is 0.0979. The normalized spacial score (nSPS) is 27.4. The number of piperidine rings is 1. The van der Waals surface area contributed by atoms with Crippen LogP contribution in [0.15, 0.2) is 30.3 Å². The maximum atomic E-state index is 12.5. The van der Waals surface area contributed by atoms with E-state index in [4.69, 9.17) is 4.74 Å². The second-order valence-electron chi connectivity index (χ2n) is 6.52. The fraction of sp³-hybridized carbons (Fsp3) is 0.611. The lowest BCUT2D eigenvalue weighted by molar-refractivity contribution is -0.159. The Morgan fingerprint density at radius 2 is 2.14 bits per heavy atom. The second-order valence-corrected chi connectivity index (χ2v) is 6.52. The number of carbonyl (C=O) groups is 1. The lowest BCUT2D eigenvalue weighted by Gasteiger charge is -2.44. The zero-order valence-electron chi connectivity index (χ0n) is 14.1. The Balaban J connectivity index is 2.14. The highest BCUT2D eigenvalue weighted by atomic mass is 16.5. The lowest BCUT2D eigenvalue weighted by atomic mass is 9.76. The van der Waals surface area contributed by atoms with Crippen molar-refractivity contribution in [1.82, 2.24) is 10.2 Å². The molecule has 3 unspecified atom stereocenters. The number of esters is 1. The fourth-order valence-corrected chi connectivity index (χ4v) is 3.33. The molecule has 1 aromatic rings. The third kappa shape index (κ3) is 3.68. The zero-order chi connectivity index (χ0) is 16.2. The molecule has 0 spiro atoms. The predicted octanol–water partition coefficient (Wildman–Crippen LogP) is 2.61. The van der Waals surface area contributed by atoms with Crippen molar-refractivity contribution in [3.8, 4) is 0 Å². The summed E-state index contributed by atoms with van der Waals surface area (Å²) in [4.78, 5) is 14.7. The number of benzene rings is 1. The van der Waals surface area contributed by atoms with Gasteiger partial charge in [-0.05, 0) is 46.3 Å². The van der Waals surface area contributed by atoms with E-state index in [-0.39, 0.29) is 18.1 Å². The minimum atomic E-state index is -0.508. The topological polar surface area (TPSA) is 41.6 Å². The van der Waals surface area contributed by atoms with Crippen molar-refractivity contribution in [1.29, 1.82) is 0 Å². The summed E-state index contributed by atoms with van der Waals surface area (Å²) in [6.07, 6.45) is 0.947. The van der Waals surface area contributed by atoms with Crippen LogP contribution in [-0.4, -0.2) is 43.7 Å². The molecule has 1 aromatic carbocycles. The summed E-state index contributed by atoms with van der Waals surface area (Å²) >= 11 is 0. The largest absolute Gasteiger partial charge is 0.465 e. The first kappa shape index (κ1) is 17.0. The van der Waals surface area contributed by atoms with Gasteiger partial charge < -0.3 is 15.0 Å². The summed E-state index contributed by atoms with van der Waals surface area (Å²) in [7, 11) is 2.06. The Kier molecular flexibility index (Phi) is 5.59. The molecular weight excluding hydrogens is 276 g/mol. The Hall–Kier alpha value is -1.39. The third-order valence-corrected chi connectivity index (χ3v) is 4.66. The summed E-state index contributed by atoms with van der Waals surface area (Å²) in [6, 6.07) is 10.7. The molecule has 0 bridgehead atoms. The summed E-state index contributed by atoms with van der Waals surface area (Å²) in [6.45, 7) is 8.19. The molecule has 122 valence electrons. The number of rotatable bonds is 5.